The van der Waals surface area contributed by atoms with Crippen LogP contribution in [0.2, 0.25) is 0 Å². The summed E-state index contributed by atoms with van der Waals surface area (Å²) in [4.78, 5) is 37.9. The molecule has 31 heavy (non-hydrogen) atoms. The lowest BCUT2D eigenvalue weighted by atomic mass is 10.0. The summed E-state index contributed by atoms with van der Waals surface area (Å²) in [5.41, 5.74) is 1.16. The van der Waals surface area contributed by atoms with E-state index < -0.39 is 0 Å². The van der Waals surface area contributed by atoms with Crippen LogP contribution in [0, 0.1) is 13.8 Å². The standard InChI is InChI=1S/C24H36N4O2S/c1-16(2)22-25-23-21(17(3)18(4)31-23)24(30)28(22)19-10-9-11-26(14-19)15-20(29)27-12-7-5-6-8-13-27/h16,19H,5-15H2,1-4H3/t19-/m1/s1. The van der Waals surface area contributed by atoms with Gasteiger partial charge in [0, 0.05) is 30.4 Å². The predicted octanol–water partition coefficient (Wildman–Crippen LogP) is 4.24. The fourth-order valence-electron chi connectivity index (χ4n) is 5.08. The van der Waals surface area contributed by atoms with Crippen LogP contribution in [0.4, 0.5) is 0 Å². The average molecular weight is 445 g/mol. The monoisotopic (exact) mass is 444 g/mol. The highest BCUT2D eigenvalue weighted by atomic mass is 32.1. The van der Waals surface area contributed by atoms with Crippen molar-refractivity contribution < 1.29 is 4.79 Å². The summed E-state index contributed by atoms with van der Waals surface area (Å²) >= 11 is 1.62. The van der Waals surface area contributed by atoms with Crippen molar-refractivity contribution in [2.24, 2.45) is 0 Å². The number of rotatable bonds is 4. The lowest BCUT2D eigenvalue weighted by Crippen LogP contribution is -2.46. The largest absolute Gasteiger partial charge is 0.342 e. The Morgan fingerprint density at radius 3 is 2.48 bits per heavy atom. The quantitative estimate of drug-likeness (QED) is 0.708. The highest BCUT2D eigenvalue weighted by molar-refractivity contribution is 7.18. The van der Waals surface area contributed by atoms with E-state index in [0.717, 1.165) is 73.5 Å². The topological polar surface area (TPSA) is 58.4 Å². The van der Waals surface area contributed by atoms with E-state index in [4.69, 9.17) is 4.98 Å². The number of piperidine rings is 1. The minimum Gasteiger partial charge on any atom is -0.342 e. The third-order valence-corrected chi connectivity index (χ3v) is 8.04. The van der Waals surface area contributed by atoms with Crippen LogP contribution in [0.5, 0.6) is 0 Å². The zero-order chi connectivity index (χ0) is 22.1. The maximum absolute atomic E-state index is 13.6. The molecule has 0 aliphatic carbocycles. The molecule has 0 saturated carbocycles. The van der Waals surface area contributed by atoms with E-state index >= 15 is 0 Å². The first-order valence-electron chi connectivity index (χ1n) is 11.9. The summed E-state index contributed by atoms with van der Waals surface area (Å²) < 4.78 is 1.97. The van der Waals surface area contributed by atoms with Gasteiger partial charge in [-0.3, -0.25) is 19.1 Å². The van der Waals surface area contributed by atoms with Gasteiger partial charge >= 0.3 is 0 Å². The van der Waals surface area contributed by atoms with Gasteiger partial charge in [-0.2, -0.15) is 0 Å². The van der Waals surface area contributed by atoms with E-state index in [1.54, 1.807) is 11.3 Å². The van der Waals surface area contributed by atoms with Gasteiger partial charge in [0.25, 0.3) is 5.56 Å². The lowest BCUT2D eigenvalue weighted by molar-refractivity contribution is -0.132. The molecular weight excluding hydrogens is 408 g/mol. The maximum Gasteiger partial charge on any atom is 0.262 e. The van der Waals surface area contributed by atoms with Crippen LogP contribution < -0.4 is 5.56 Å². The van der Waals surface area contributed by atoms with Crippen molar-refractivity contribution in [3.63, 3.8) is 0 Å². The van der Waals surface area contributed by atoms with E-state index in [2.05, 4.69) is 25.7 Å². The second-order valence-electron chi connectivity index (χ2n) is 9.59. The molecule has 4 heterocycles. The molecular formula is C24H36N4O2S. The van der Waals surface area contributed by atoms with Crippen molar-refractivity contribution in [1.82, 2.24) is 19.4 Å². The van der Waals surface area contributed by atoms with Crippen molar-refractivity contribution in [3.05, 3.63) is 26.6 Å². The first kappa shape index (κ1) is 22.5. The van der Waals surface area contributed by atoms with Crippen LogP contribution in [0.3, 0.4) is 0 Å². The Balaban J connectivity index is 1.59. The van der Waals surface area contributed by atoms with Gasteiger partial charge in [-0.05, 0) is 51.6 Å². The number of carbonyl (C=O) groups excluding carboxylic acids is 1. The van der Waals surface area contributed by atoms with Gasteiger partial charge in [0.1, 0.15) is 10.7 Å². The molecule has 1 atom stereocenters. The van der Waals surface area contributed by atoms with Gasteiger partial charge in [0.15, 0.2) is 0 Å². The van der Waals surface area contributed by atoms with E-state index in [9.17, 15) is 9.59 Å². The fourth-order valence-corrected chi connectivity index (χ4v) is 6.11. The van der Waals surface area contributed by atoms with Gasteiger partial charge in [0.2, 0.25) is 5.91 Å². The van der Waals surface area contributed by atoms with Crippen LogP contribution in [0.15, 0.2) is 4.79 Å². The number of hydrogen-bond donors (Lipinski definition) is 0. The van der Waals surface area contributed by atoms with Gasteiger partial charge < -0.3 is 4.90 Å². The second kappa shape index (κ2) is 9.41. The summed E-state index contributed by atoms with van der Waals surface area (Å²) in [6.07, 6.45) is 6.66. The molecule has 1 amide bonds. The maximum atomic E-state index is 13.6. The molecule has 2 saturated heterocycles. The Morgan fingerprint density at radius 2 is 1.81 bits per heavy atom. The molecule has 7 heteroatoms. The molecule has 0 aromatic carbocycles. The fraction of sp³-hybridized carbons (Fsp3) is 0.708. The van der Waals surface area contributed by atoms with Crippen LogP contribution in [0.25, 0.3) is 10.2 Å². The van der Waals surface area contributed by atoms with Crippen LogP contribution in [-0.2, 0) is 4.79 Å². The predicted molar refractivity (Wildman–Crippen MR) is 127 cm³/mol. The molecule has 2 aliphatic rings. The molecule has 6 nitrogen and oxygen atoms in total. The number of aromatic nitrogens is 2. The third kappa shape index (κ3) is 4.58. The summed E-state index contributed by atoms with van der Waals surface area (Å²) in [6.45, 7) is 12.2. The Hall–Kier alpha value is -1.73. The molecule has 0 bridgehead atoms. The molecule has 2 aromatic rings. The SMILES string of the molecule is Cc1sc2nc(C(C)C)n([C@@H]3CCCN(CC(=O)N4CCCCCC4)C3)c(=O)c2c1C. The number of fused-ring (bicyclic) bond motifs is 1. The molecule has 4 rings (SSSR count). The van der Waals surface area contributed by atoms with Crippen molar-refractivity contribution in [2.75, 3.05) is 32.7 Å². The number of amides is 1. The minimum atomic E-state index is 0.0760. The first-order chi connectivity index (χ1) is 14.9. The van der Waals surface area contributed by atoms with Crippen molar-refractivity contribution in [2.45, 2.75) is 78.2 Å². The molecule has 0 spiro atoms. The molecule has 170 valence electrons. The van der Waals surface area contributed by atoms with Gasteiger partial charge in [-0.15, -0.1) is 11.3 Å². The smallest absolute Gasteiger partial charge is 0.262 e. The highest BCUT2D eigenvalue weighted by Crippen LogP contribution is 2.30. The Morgan fingerprint density at radius 1 is 1.10 bits per heavy atom. The molecule has 0 radical (unpaired) electrons. The third-order valence-electron chi connectivity index (χ3n) is 6.94. The summed E-state index contributed by atoms with van der Waals surface area (Å²) in [7, 11) is 0. The Labute approximate surface area is 189 Å². The molecule has 0 unspecified atom stereocenters. The van der Waals surface area contributed by atoms with Crippen molar-refractivity contribution >= 4 is 27.5 Å². The number of nitrogens with zero attached hydrogens (tertiary/aromatic N) is 4. The van der Waals surface area contributed by atoms with E-state index in [1.165, 1.54) is 17.7 Å². The van der Waals surface area contributed by atoms with Gasteiger partial charge in [-0.1, -0.05) is 26.7 Å². The van der Waals surface area contributed by atoms with E-state index in [0.29, 0.717) is 6.54 Å². The molecule has 2 fully saturated rings. The molecule has 2 aliphatic heterocycles. The molecule has 0 N–H and O–H groups in total. The van der Waals surface area contributed by atoms with E-state index in [-0.39, 0.29) is 23.4 Å². The summed E-state index contributed by atoms with van der Waals surface area (Å²) in [6, 6.07) is 0.0760. The highest BCUT2D eigenvalue weighted by Gasteiger charge is 2.29. The number of thiophene rings is 1. The number of aryl methyl sites for hydroxylation is 2. The minimum absolute atomic E-state index is 0.0760. The van der Waals surface area contributed by atoms with E-state index in [1.807, 2.05) is 16.4 Å². The van der Waals surface area contributed by atoms with Gasteiger partial charge in [0.05, 0.1) is 18.0 Å². The first-order valence-corrected chi connectivity index (χ1v) is 12.7. The number of carbonyl (C=O) groups is 1. The van der Waals surface area contributed by atoms with Gasteiger partial charge in [-0.25, -0.2) is 4.98 Å². The second-order valence-corrected chi connectivity index (χ2v) is 10.8. The molecule has 2 aromatic heterocycles. The average Bonchev–Trinajstić information content (AvgIpc) is 2.91. The van der Waals surface area contributed by atoms with Crippen LogP contribution >= 0.6 is 11.3 Å². The number of hydrogen-bond acceptors (Lipinski definition) is 5. The van der Waals surface area contributed by atoms with Crippen molar-refractivity contribution in [1.29, 1.82) is 0 Å². The zero-order valence-corrected chi connectivity index (χ0v) is 20.3. The summed E-state index contributed by atoms with van der Waals surface area (Å²) in [5.74, 6) is 1.30. The van der Waals surface area contributed by atoms with Crippen LogP contribution in [-0.4, -0.2) is 58.0 Å². The van der Waals surface area contributed by atoms with Crippen LogP contribution in [0.1, 0.15) is 80.6 Å². The Bertz CT molecular complexity index is 1000. The summed E-state index contributed by atoms with van der Waals surface area (Å²) in [5, 5.41) is 0.782. The Kier molecular flexibility index (Phi) is 6.82. The lowest BCUT2D eigenvalue weighted by Gasteiger charge is -2.35. The zero-order valence-electron chi connectivity index (χ0n) is 19.4. The number of likely N-dealkylation sites (tertiary alicyclic amines) is 2. The van der Waals surface area contributed by atoms with Crippen molar-refractivity contribution in [3.8, 4) is 0 Å². The normalized spacial score (nSPS) is 21.1.